The van der Waals surface area contributed by atoms with E-state index in [-0.39, 0.29) is 0 Å². The van der Waals surface area contributed by atoms with Gasteiger partial charge in [-0.05, 0) is 18.1 Å². The van der Waals surface area contributed by atoms with Crippen molar-refractivity contribution in [1.82, 2.24) is 4.98 Å². The third-order valence-electron chi connectivity index (χ3n) is 1.80. The number of anilines is 2. The normalized spacial score (nSPS) is 10.5. The summed E-state index contributed by atoms with van der Waals surface area (Å²) in [6, 6.07) is 3.82. The van der Waals surface area contributed by atoms with Crippen LogP contribution in [-0.4, -0.2) is 18.6 Å². The molecule has 0 radical (unpaired) electrons. The smallest absolute Gasteiger partial charge is 0.128 e. The van der Waals surface area contributed by atoms with Gasteiger partial charge in [-0.15, -0.1) is 0 Å². The fourth-order valence-corrected chi connectivity index (χ4v) is 1.26. The van der Waals surface area contributed by atoms with E-state index in [9.17, 15) is 0 Å². The molecule has 2 N–H and O–H groups in total. The average Bonchev–Trinajstić information content (AvgIpc) is 2.04. The summed E-state index contributed by atoms with van der Waals surface area (Å²) in [5, 5.41) is 0. The third kappa shape index (κ3) is 2.93. The first-order valence-corrected chi connectivity index (χ1v) is 4.52. The van der Waals surface area contributed by atoms with Gasteiger partial charge in [0.05, 0.1) is 11.9 Å². The van der Waals surface area contributed by atoms with Gasteiger partial charge in [-0.3, -0.25) is 0 Å². The molecule has 72 valence electrons. The summed E-state index contributed by atoms with van der Waals surface area (Å²) in [7, 11) is 2.04. The van der Waals surface area contributed by atoms with Crippen LogP contribution >= 0.6 is 0 Å². The summed E-state index contributed by atoms with van der Waals surface area (Å²) in [6.07, 6.45) is 1.69. The van der Waals surface area contributed by atoms with E-state index in [1.54, 1.807) is 6.20 Å². The Morgan fingerprint density at radius 2 is 2.15 bits per heavy atom. The van der Waals surface area contributed by atoms with Crippen LogP contribution in [0.2, 0.25) is 0 Å². The number of rotatable bonds is 3. The molecule has 1 heterocycles. The van der Waals surface area contributed by atoms with E-state index in [1.165, 1.54) is 0 Å². The van der Waals surface area contributed by atoms with Gasteiger partial charge in [0.15, 0.2) is 0 Å². The van der Waals surface area contributed by atoms with Gasteiger partial charge < -0.3 is 10.6 Å². The molecule has 0 unspecified atom stereocenters. The lowest BCUT2D eigenvalue weighted by atomic mass is 10.2. The Morgan fingerprint density at radius 1 is 1.46 bits per heavy atom. The van der Waals surface area contributed by atoms with Gasteiger partial charge in [0, 0.05) is 13.6 Å². The largest absolute Gasteiger partial charge is 0.397 e. The minimum Gasteiger partial charge on any atom is -0.397 e. The summed E-state index contributed by atoms with van der Waals surface area (Å²) < 4.78 is 0. The number of pyridine rings is 1. The van der Waals surface area contributed by atoms with E-state index in [1.807, 2.05) is 19.2 Å². The summed E-state index contributed by atoms with van der Waals surface area (Å²) >= 11 is 0. The fourth-order valence-electron chi connectivity index (χ4n) is 1.26. The number of nitrogens with zero attached hydrogens (tertiary/aromatic N) is 2. The second kappa shape index (κ2) is 4.12. The van der Waals surface area contributed by atoms with Crippen molar-refractivity contribution < 1.29 is 0 Å². The molecular formula is C10H17N3. The Labute approximate surface area is 79.6 Å². The number of hydrogen-bond donors (Lipinski definition) is 1. The van der Waals surface area contributed by atoms with Crippen molar-refractivity contribution in [3.05, 3.63) is 18.3 Å². The van der Waals surface area contributed by atoms with Gasteiger partial charge in [-0.25, -0.2) is 4.98 Å². The molecule has 0 fully saturated rings. The second-order valence-electron chi connectivity index (χ2n) is 3.72. The second-order valence-corrected chi connectivity index (χ2v) is 3.72. The van der Waals surface area contributed by atoms with Crippen LogP contribution < -0.4 is 10.6 Å². The molecule has 0 spiro atoms. The standard InChI is InChI=1S/C10H17N3/c1-8(2)7-13(3)10-5-4-9(11)6-12-10/h4-6,8H,7,11H2,1-3H3. The van der Waals surface area contributed by atoms with Gasteiger partial charge in [-0.1, -0.05) is 13.8 Å². The first-order valence-electron chi connectivity index (χ1n) is 4.52. The van der Waals surface area contributed by atoms with Gasteiger partial charge >= 0.3 is 0 Å². The highest BCUT2D eigenvalue weighted by Gasteiger charge is 2.03. The molecule has 0 aromatic carbocycles. The van der Waals surface area contributed by atoms with Crippen LogP contribution in [0.4, 0.5) is 11.5 Å². The predicted octanol–water partition coefficient (Wildman–Crippen LogP) is 1.76. The lowest BCUT2D eigenvalue weighted by molar-refractivity contribution is 0.635. The molecule has 13 heavy (non-hydrogen) atoms. The van der Waals surface area contributed by atoms with E-state index in [0.29, 0.717) is 11.6 Å². The maximum absolute atomic E-state index is 5.55. The number of nitrogens with two attached hydrogens (primary N) is 1. The molecule has 0 saturated carbocycles. The molecule has 3 nitrogen and oxygen atoms in total. The number of hydrogen-bond acceptors (Lipinski definition) is 3. The van der Waals surface area contributed by atoms with Gasteiger partial charge in [0.25, 0.3) is 0 Å². The molecule has 0 aliphatic heterocycles. The highest BCUT2D eigenvalue weighted by atomic mass is 15.2. The summed E-state index contributed by atoms with van der Waals surface area (Å²) in [5.41, 5.74) is 6.26. The van der Waals surface area contributed by atoms with E-state index >= 15 is 0 Å². The van der Waals surface area contributed by atoms with E-state index in [0.717, 1.165) is 12.4 Å². The molecule has 0 aliphatic carbocycles. The Bertz CT molecular complexity index is 253. The fraction of sp³-hybridized carbons (Fsp3) is 0.500. The highest BCUT2D eigenvalue weighted by Crippen LogP contribution is 2.11. The predicted molar refractivity (Wildman–Crippen MR) is 56.8 cm³/mol. The van der Waals surface area contributed by atoms with Crippen LogP contribution in [-0.2, 0) is 0 Å². The Balaban J connectivity index is 2.66. The molecule has 0 saturated heterocycles. The van der Waals surface area contributed by atoms with Crippen molar-refractivity contribution in [2.24, 2.45) is 5.92 Å². The number of aromatic nitrogens is 1. The maximum Gasteiger partial charge on any atom is 0.128 e. The lowest BCUT2D eigenvalue weighted by Gasteiger charge is -2.20. The zero-order valence-corrected chi connectivity index (χ0v) is 8.49. The molecule has 1 aromatic rings. The lowest BCUT2D eigenvalue weighted by Crippen LogP contribution is -2.23. The van der Waals surface area contributed by atoms with E-state index in [2.05, 4.69) is 23.7 Å². The topological polar surface area (TPSA) is 42.1 Å². The Kier molecular flexibility index (Phi) is 3.12. The Morgan fingerprint density at radius 3 is 2.62 bits per heavy atom. The quantitative estimate of drug-likeness (QED) is 0.768. The van der Waals surface area contributed by atoms with E-state index in [4.69, 9.17) is 5.73 Å². The van der Waals surface area contributed by atoms with Crippen LogP contribution in [0.25, 0.3) is 0 Å². The molecule has 0 atom stereocenters. The monoisotopic (exact) mass is 179 g/mol. The third-order valence-corrected chi connectivity index (χ3v) is 1.80. The minimum absolute atomic E-state index is 0.643. The van der Waals surface area contributed by atoms with Crippen molar-refractivity contribution >= 4 is 11.5 Å². The van der Waals surface area contributed by atoms with Gasteiger partial charge in [-0.2, -0.15) is 0 Å². The molecule has 0 aliphatic rings. The maximum atomic E-state index is 5.55. The molecule has 0 bridgehead atoms. The Hall–Kier alpha value is -1.25. The van der Waals surface area contributed by atoms with Crippen LogP contribution in [0.3, 0.4) is 0 Å². The molecule has 0 amide bonds. The van der Waals surface area contributed by atoms with Crippen LogP contribution in [0.5, 0.6) is 0 Å². The zero-order valence-electron chi connectivity index (χ0n) is 8.49. The first-order chi connectivity index (χ1) is 6.09. The SMILES string of the molecule is CC(C)CN(C)c1ccc(N)cn1. The zero-order chi connectivity index (χ0) is 9.84. The van der Waals surface area contributed by atoms with Gasteiger partial charge in [0.2, 0.25) is 0 Å². The van der Waals surface area contributed by atoms with Crippen LogP contribution in [0, 0.1) is 5.92 Å². The molecular weight excluding hydrogens is 162 g/mol. The van der Waals surface area contributed by atoms with Crippen molar-refractivity contribution in [1.29, 1.82) is 0 Å². The minimum atomic E-state index is 0.643. The van der Waals surface area contributed by atoms with Crippen LogP contribution in [0.15, 0.2) is 18.3 Å². The van der Waals surface area contributed by atoms with Gasteiger partial charge in [0.1, 0.15) is 5.82 Å². The van der Waals surface area contributed by atoms with Crippen molar-refractivity contribution in [2.75, 3.05) is 24.2 Å². The highest BCUT2D eigenvalue weighted by molar-refractivity contribution is 5.45. The molecule has 1 aromatic heterocycles. The summed E-state index contributed by atoms with van der Waals surface area (Å²) in [6.45, 7) is 5.39. The van der Waals surface area contributed by atoms with Crippen molar-refractivity contribution in [2.45, 2.75) is 13.8 Å². The van der Waals surface area contributed by atoms with Crippen molar-refractivity contribution in [3.8, 4) is 0 Å². The van der Waals surface area contributed by atoms with Crippen LogP contribution in [0.1, 0.15) is 13.8 Å². The van der Waals surface area contributed by atoms with Crippen molar-refractivity contribution in [3.63, 3.8) is 0 Å². The summed E-state index contributed by atoms with van der Waals surface area (Å²) in [5.74, 6) is 1.62. The average molecular weight is 179 g/mol. The number of nitrogen functional groups attached to an aromatic ring is 1. The summed E-state index contributed by atoms with van der Waals surface area (Å²) in [4.78, 5) is 6.36. The molecule has 3 heteroatoms. The molecule has 1 rings (SSSR count). The first kappa shape index (κ1) is 9.84. The van der Waals surface area contributed by atoms with E-state index < -0.39 is 0 Å².